The highest BCUT2D eigenvalue weighted by Crippen LogP contribution is 2.21. The van der Waals surface area contributed by atoms with Crippen LogP contribution in [0.3, 0.4) is 0 Å². The number of piperazine rings is 1. The molecule has 5 nitrogen and oxygen atoms in total. The number of benzene rings is 1. The second-order valence-electron chi connectivity index (χ2n) is 6.96. The van der Waals surface area contributed by atoms with Gasteiger partial charge in [0, 0.05) is 32.7 Å². The summed E-state index contributed by atoms with van der Waals surface area (Å²) in [5, 5.41) is 10.3. The molecule has 1 aromatic carbocycles. The maximum Gasteiger partial charge on any atom is 0.410 e. The Morgan fingerprint density at radius 1 is 1.33 bits per heavy atom. The normalized spacial score (nSPS) is 17.7. The molecule has 0 aliphatic carbocycles. The van der Waals surface area contributed by atoms with Gasteiger partial charge in [-0.2, -0.15) is 0 Å². The standard InChI is InChI=1S/C17H24ClFN2O3/c1-17(2,3)24-16(23)21-8-6-20(7-9-21)11-15(22)12-4-5-13(18)14(19)10-12/h4-5,10,15,22H,6-9,11H2,1-3H3/t15-/m1/s1. The minimum absolute atomic E-state index is 0.0388. The predicted octanol–water partition coefficient (Wildman–Crippen LogP) is 3.07. The summed E-state index contributed by atoms with van der Waals surface area (Å²) in [5.74, 6) is -0.539. The maximum absolute atomic E-state index is 13.5. The molecule has 1 saturated heterocycles. The van der Waals surface area contributed by atoms with Crippen molar-refractivity contribution < 1.29 is 19.0 Å². The summed E-state index contributed by atoms with van der Waals surface area (Å²) in [5.41, 5.74) is -0.0187. The molecule has 1 N–H and O–H groups in total. The molecule has 2 rings (SSSR count). The van der Waals surface area contributed by atoms with Crippen molar-refractivity contribution in [2.45, 2.75) is 32.5 Å². The Morgan fingerprint density at radius 2 is 1.96 bits per heavy atom. The van der Waals surface area contributed by atoms with Crippen LogP contribution in [0.25, 0.3) is 0 Å². The number of carbonyl (C=O) groups is 1. The van der Waals surface area contributed by atoms with Crippen LogP contribution in [-0.4, -0.2) is 59.3 Å². The van der Waals surface area contributed by atoms with Gasteiger partial charge in [0.25, 0.3) is 0 Å². The van der Waals surface area contributed by atoms with Gasteiger partial charge in [-0.1, -0.05) is 17.7 Å². The van der Waals surface area contributed by atoms with Gasteiger partial charge in [0.1, 0.15) is 11.4 Å². The zero-order valence-electron chi connectivity index (χ0n) is 14.3. The van der Waals surface area contributed by atoms with Crippen LogP contribution >= 0.6 is 11.6 Å². The predicted molar refractivity (Wildman–Crippen MR) is 90.6 cm³/mol. The van der Waals surface area contributed by atoms with E-state index in [-0.39, 0.29) is 11.1 Å². The number of aliphatic hydroxyl groups is 1. The number of carbonyl (C=O) groups excluding carboxylic acids is 1. The van der Waals surface area contributed by atoms with Gasteiger partial charge in [-0.25, -0.2) is 9.18 Å². The van der Waals surface area contributed by atoms with E-state index in [1.807, 2.05) is 25.7 Å². The van der Waals surface area contributed by atoms with Crippen molar-refractivity contribution in [2.24, 2.45) is 0 Å². The number of β-amino-alcohol motifs (C(OH)–C–C–N with tert-alkyl or cyclic N) is 1. The Bertz CT molecular complexity index is 584. The lowest BCUT2D eigenvalue weighted by atomic mass is 10.1. The largest absolute Gasteiger partial charge is 0.444 e. The fraction of sp³-hybridized carbons (Fsp3) is 0.588. The summed E-state index contributed by atoms with van der Waals surface area (Å²) in [7, 11) is 0. The molecule has 7 heteroatoms. The average Bonchev–Trinajstić information content (AvgIpc) is 2.49. The van der Waals surface area contributed by atoms with Gasteiger partial charge >= 0.3 is 6.09 Å². The first-order chi connectivity index (χ1) is 11.2. The van der Waals surface area contributed by atoms with Gasteiger partial charge in [-0.05, 0) is 38.5 Å². The first-order valence-electron chi connectivity index (χ1n) is 7.99. The first kappa shape index (κ1) is 19.0. The van der Waals surface area contributed by atoms with Crippen molar-refractivity contribution in [3.8, 4) is 0 Å². The van der Waals surface area contributed by atoms with E-state index in [1.54, 1.807) is 11.0 Å². The van der Waals surface area contributed by atoms with E-state index in [1.165, 1.54) is 12.1 Å². The molecule has 1 aliphatic rings. The number of hydrogen-bond donors (Lipinski definition) is 1. The lowest BCUT2D eigenvalue weighted by Gasteiger charge is -2.36. The Balaban J connectivity index is 1.84. The van der Waals surface area contributed by atoms with Crippen molar-refractivity contribution in [3.05, 3.63) is 34.6 Å². The van der Waals surface area contributed by atoms with Crippen molar-refractivity contribution in [3.63, 3.8) is 0 Å². The molecule has 0 saturated carbocycles. The molecule has 1 atom stereocenters. The average molecular weight is 359 g/mol. The quantitative estimate of drug-likeness (QED) is 0.902. The molecule has 0 radical (unpaired) electrons. The molecule has 24 heavy (non-hydrogen) atoms. The molecular weight excluding hydrogens is 335 g/mol. The van der Waals surface area contributed by atoms with Crippen LogP contribution in [0, 0.1) is 5.82 Å². The summed E-state index contributed by atoms with van der Waals surface area (Å²) in [4.78, 5) is 15.7. The number of rotatable bonds is 3. The second-order valence-corrected chi connectivity index (χ2v) is 7.36. The van der Waals surface area contributed by atoms with Crippen LogP contribution in [0.2, 0.25) is 5.02 Å². The minimum atomic E-state index is -0.801. The van der Waals surface area contributed by atoms with Crippen LogP contribution in [0.1, 0.15) is 32.4 Å². The number of halogens is 2. The molecule has 1 aromatic rings. The Labute approximate surface area is 146 Å². The van der Waals surface area contributed by atoms with Crippen LogP contribution in [0.5, 0.6) is 0 Å². The van der Waals surface area contributed by atoms with E-state index in [0.29, 0.717) is 38.3 Å². The summed E-state index contributed by atoms with van der Waals surface area (Å²) >= 11 is 5.65. The highest BCUT2D eigenvalue weighted by atomic mass is 35.5. The number of nitrogens with zero attached hydrogens (tertiary/aromatic N) is 2. The SMILES string of the molecule is CC(C)(C)OC(=O)N1CCN(C[C@@H](O)c2ccc(Cl)c(F)c2)CC1. The van der Waals surface area contributed by atoms with Gasteiger partial charge in [-0.15, -0.1) is 0 Å². The van der Waals surface area contributed by atoms with Gasteiger partial charge in [-0.3, -0.25) is 4.90 Å². The minimum Gasteiger partial charge on any atom is -0.444 e. The second kappa shape index (κ2) is 7.68. The maximum atomic E-state index is 13.5. The zero-order chi connectivity index (χ0) is 17.9. The fourth-order valence-electron chi connectivity index (χ4n) is 2.51. The third kappa shape index (κ3) is 5.33. The van der Waals surface area contributed by atoms with E-state index < -0.39 is 17.5 Å². The molecular formula is C17H24ClFN2O3. The molecule has 1 aliphatic heterocycles. The first-order valence-corrected chi connectivity index (χ1v) is 8.37. The highest BCUT2D eigenvalue weighted by Gasteiger charge is 2.26. The monoisotopic (exact) mass is 358 g/mol. The van der Waals surface area contributed by atoms with Crippen molar-refractivity contribution in [1.82, 2.24) is 9.80 Å². The molecule has 1 fully saturated rings. The van der Waals surface area contributed by atoms with Gasteiger partial charge in [0.05, 0.1) is 11.1 Å². The lowest BCUT2D eigenvalue weighted by Crippen LogP contribution is -2.50. The van der Waals surface area contributed by atoms with Crippen molar-refractivity contribution in [2.75, 3.05) is 32.7 Å². The Kier molecular flexibility index (Phi) is 6.06. The van der Waals surface area contributed by atoms with Crippen molar-refractivity contribution >= 4 is 17.7 Å². The summed E-state index contributed by atoms with van der Waals surface area (Å²) < 4.78 is 18.8. The summed E-state index contributed by atoms with van der Waals surface area (Å²) in [6.07, 6.45) is -1.12. The molecule has 1 heterocycles. The number of ether oxygens (including phenoxy) is 1. The van der Waals surface area contributed by atoms with E-state index in [9.17, 15) is 14.3 Å². The van der Waals surface area contributed by atoms with Crippen LogP contribution in [0.15, 0.2) is 18.2 Å². The van der Waals surface area contributed by atoms with E-state index in [0.717, 1.165) is 0 Å². The molecule has 0 aromatic heterocycles. The van der Waals surface area contributed by atoms with Crippen LogP contribution < -0.4 is 0 Å². The van der Waals surface area contributed by atoms with Gasteiger partial charge in [0.15, 0.2) is 0 Å². The molecule has 0 bridgehead atoms. The topological polar surface area (TPSA) is 53.0 Å². The van der Waals surface area contributed by atoms with E-state index in [2.05, 4.69) is 0 Å². The molecule has 1 amide bonds. The Hall–Kier alpha value is -1.37. The molecule has 134 valence electrons. The third-order valence-electron chi connectivity index (χ3n) is 3.78. The van der Waals surface area contributed by atoms with Gasteiger partial charge < -0.3 is 14.7 Å². The molecule has 0 spiro atoms. The molecule has 0 unspecified atom stereocenters. The third-order valence-corrected chi connectivity index (χ3v) is 4.09. The number of hydrogen-bond acceptors (Lipinski definition) is 4. The lowest BCUT2D eigenvalue weighted by molar-refractivity contribution is 0.0101. The number of amides is 1. The van der Waals surface area contributed by atoms with E-state index >= 15 is 0 Å². The van der Waals surface area contributed by atoms with E-state index in [4.69, 9.17) is 16.3 Å². The smallest absolute Gasteiger partial charge is 0.410 e. The Morgan fingerprint density at radius 3 is 2.50 bits per heavy atom. The zero-order valence-corrected chi connectivity index (χ0v) is 15.0. The number of aliphatic hydroxyl groups excluding tert-OH is 1. The van der Waals surface area contributed by atoms with Gasteiger partial charge in [0.2, 0.25) is 0 Å². The highest BCUT2D eigenvalue weighted by molar-refractivity contribution is 6.30. The van der Waals surface area contributed by atoms with Crippen LogP contribution in [0.4, 0.5) is 9.18 Å². The summed E-state index contributed by atoms with van der Waals surface area (Å²) in [6, 6.07) is 4.31. The fourth-order valence-corrected chi connectivity index (χ4v) is 2.63. The summed E-state index contributed by atoms with van der Waals surface area (Å²) in [6.45, 7) is 8.23. The van der Waals surface area contributed by atoms with Crippen molar-refractivity contribution in [1.29, 1.82) is 0 Å². The van der Waals surface area contributed by atoms with Crippen LogP contribution in [-0.2, 0) is 4.74 Å².